The quantitative estimate of drug-likeness (QED) is 0.0204. The number of rotatable bonds is 66. The molecular formula is C84H147NO13. The van der Waals surface area contributed by atoms with Gasteiger partial charge in [-0.1, -0.05) is 329 Å². The van der Waals surface area contributed by atoms with Crippen molar-refractivity contribution < 1.29 is 64.6 Å². The molecule has 2 rings (SSSR count). The van der Waals surface area contributed by atoms with E-state index in [0.717, 1.165) is 83.5 Å². The van der Waals surface area contributed by atoms with E-state index in [1.807, 2.05) is 6.08 Å². The van der Waals surface area contributed by atoms with Crippen LogP contribution in [0, 0.1) is 0 Å². The Balaban J connectivity index is 1.59. The van der Waals surface area contributed by atoms with Crippen molar-refractivity contribution in [2.45, 2.75) is 396 Å². The Morgan fingerprint density at radius 2 is 0.714 bits per heavy atom. The van der Waals surface area contributed by atoms with E-state index in [2.05, 4.69) is 116 Å². The van der Waals surface area contributed by atoms with E-state index >= 15 is 0 Å². The average molecular weight is 1380 g/mol. The number of aliphatic hydroxyl groups excluding tert-OH is 8. The van der Waals surface area contributed by atoms with Crippen molar-refractivity contribution in [2.75, 3.05) is 19.8 Å². The summed E-state index contributed by atoms with van der Waals surface area (Å²) in [7, 11) is 0. The monoisotopic (exact) mass is 1380 g/mol. The van der Waals surface area contributed by atoms with Crippen molar-refractivity contribution in [1.82, 2.24) is 5.32 Å². The van der Waals surface area contributed by atoms with Gasteiger partial charge in [-0.3, -0.25) is 4.79 Å². The minimum absolute atomic E-state index is 0.250. The van der Waals surface area contributed by atoms with Gasteiger partial charge in [0.25, 0.3) is 0 Å². The molecule has 14 nitrogen and oxygen atoms in total. The first-order valence-corrected chi connectivity index (χ1v) is 40.1. The number of allylic oxidation sites excluding steroid dienone is 17. The third-order valence-corrected chi connectivity index (χ3v) is 18.9. The first-order valence-electron chi connectivity index (χ1n) is 40.1. The van der Waals surface area contributed by atoms with E-state index in [9.17, 15) is 45.6 Å². The molecule has 2 heterocycles. The summed E-state index contributed by atoms with van der Waals surface area (Å²) in [6, 6.07) is -0.943. The summed E-state index contributed by atoms with van der Waals surface area (Å²) in [5.41, 5.74) is 0. The van der Waals surface area contributed by atoms with Crippen molar-refractivity contribution in [2.24, 2.45) is 0 Å². The van der Waals surface area contributed by atoms with Crippen molar-refractivity contribution in [3.8, 4) is 0 Å². The van der Waals surface area contributed by atoms with Gasteiger partial charge in [0, 0.05) is 6.42 Å². The molecule has 0 bridgehead atoms. The number of ether oxygens (including phenoxy) is 4. The van der Waals surface area contributed by atoms with Crippen LogP contribution in [0.1, 0.15) is 322 Å². The normalized spacial score (nSPS) is 22.6. The number of nitrogens with one attached hydrogen (secondary N) is 1. The zero-order valence-electron chi connectivity index (χ0n) is 62.0. The molecule has 0 aromatic heterocycles. The number of carbonyl (C=O) groups excluding carboxylic acids is 1. The fourth-order valence-corrected chi connectivity index (χ4v) is 12.6. The third-order valence-electron chi connectivity index (χ3n) is 18.9. The van der Waals surface area contributed by atoms with E-state index < -0.39 is 86.8 Å². The molecule has 0 aliphatic carbocycles. The first-order chi connectivity index (χ1) is 48.1. The summed E-state index contributed by atoms with van der Waals surface area (Å²) >= 11 is 0. The van der Waals surface area contributed by atoms with Crippen LogP contribution < -0.4 is 5.32 Å². The maximum absolute atomic E-state index is 13.4. The molecule has 2 aliphatic rings. The topological polar surface area (TPSA) is 228 Å². The second-order valence-electron chi connectivity index (χ2n) is 27.8. The van der Waals surface area contributed by atoms with Crippen LogP contribution in [-0.2, 0) is 23.7 Å². The highest BCUT2D eigenvalue weighted by Gasteiger charge is 2.51. The number of amides is 1. The number of hydrogen-bond donors (Lipinski definition) is 9. The fourth-order valence-electron chi connectivity index (χ4n) is 12.6. The van der Waals surface area contributed by atoms with Crippen LogP contribution in [0.2, 0.25) is 0 Å². The second-order valence-corrected chi connectivity index (χ2v) is 27.8. The predicted molar refractivity (Wildman–Crippen MR) is 406 cm³/mol. The van der Waals surface area contributed by atoms with Crippen LogP contribution in [0.4, 0.5) is 0 Å². The molecule has 566 valence electrons. The highest BCUT2D eigenvalue weighted by Crippen LogP contribution is 2.30. The van der Waals surface area contributed by atoms with Gasteiger partial charge in [0.15, 0.2) is 12.6 Å². The molecule has 98 heavy (non-hydrogen) atoms. The van der Waals surface area contributed by atoms with Crippen molar-refractivity contribution >= 4 is 5.91 Å². The second kappa shape index (κ2) is 66.9. The lowest BCUT2D eigenvalue weighted by molar-refractivity contribution is -0.359. The van der Waals surface area contributed by atoms with Crippen molar-refractivity contribution in [1.29, 1.82) is 0 Å². The Morgan fingerprint density at radius 3 is 1.12 bits per heavy atom. The Bertz CT molecular complexity index is 2070. The molecule has 14 heteroatoms. The molecule has 0 aromatic rings. The Hall–Kier alpha value is -3.35. The maximum atomic E-state index is 13.4. The summed E-state index contributed by atoms with van der Waals surface area (Å²) in [4.78, 5) is 13.4. The predicted octanol–water partition coefficient (Wildman–Crippen LogP) is 18.2. The number of unbranched alkanes of at least 4 members (excludes halogenated alkanes) is 37. The van der Waals surface area contributed by atoms with Crippen molar-refractivity contribution in [3.05, 3.63) is 109 Å². The summed E-state index contributed by atoms with van der Waals surface area (Å²) in [6.07, 6.45) is 80.3. The molecule has 12 unspecified atom stereocenters. The fraction of sp³-hybridized carbons (Fsp3) is 0.774. The Kier molecular flexibility index (Phi) is 61.9. The molecule has 0 aromatic carbocycles. The number of aliphatic hydroxyl groups is 8. The number of carbonyl (C=O) groups is 1. The zero-order chi connectivity index (χ0) is 70.8. The van der Waals surface area contributed by atoms with Gasteiger partial charge in [-0.2, -0.15) is 0 Å². The summed E-state index contributed by atoms with van der Waals surface area (Å²) < 4.78 is 22.9. The SMILES string of the molecule is CC/C=C\C/C=C\C/C=C\C/C=C\C/C=C\C/C=C\CCCCCCCCCCCCCCCCCCCCCCCCC(=O)NC(COC1OC(CO)C(OC2OC(CO)C(O)C(O)C2O)C(O)C1O)C(O)/C=C/CC/C=C/CC/C=C/CCCCCCCCCCCCCCC. The first kappa shape index (κ1) is 90.7. The van der Waals surface area contributed by atoms with Gasteiger partial charge in [-0.15, -0.1) is 0 Å². The van der Waals surface area contributed by atoms with Crippen LogP contribution in [0.25, 0.3) is 0 Å². The lowest BCUT2D eigenvalue weighted by Gasteiger charge is -2.46. The molecule has 12 atom stereocenters. The minimum atomic E-state index is -1.80. The van der Waals surface area contributed by atoms with E-state index in [4.69, 9.17) is 18.9 Å². The van der Waals surface area contributed by atoms with E-state index in [1.54, 1.807) is 6.08 Å². The van der Waals surface area contributed by atoms with Gasteiger partial charge in [-0.05, 0) is 96.3 Å². The maximum Gasteiger partial charge on any atom is 0.220 e. The summed E-state index contributed by atoms with van der Waals surface area (Å²) in [5, 5.41) is 87.6. The molecular weight excluding hydrogens is 1230 g/mol. The highest BCUT2D eigenvalue weighted by atomic mass is 16.7. The largest absolute Gasteiger partial charge is 0.394 e. The van der Waals surface area contributed by atoms with E-state index in [1.165, 1.54) is 205 Å². The van der Waals surface area contributed by atoms with Crippen molar-refractivity contribution in [3.63, 3.8) is 0 Å². The van der Waals surface area contributed by atoms with Gasteiger partial charge in [-0.25, -0.2) is 0 Å². The Morgan fingerprint density at radius 1 is 0.378 bits per heavy atom. The molecule has 2 saturated heterocycles. The lowest BCUT2D eigenvalue weighted by atomic mass is 9.97. The third kappa shape index (κ3) is 49.3. The average Bonchev–Trinajstić information content (AvgIpc) is 0.793. The van der Waals surface area contributed by atoms with Gasteiger partial charge in [0.1, 0.15) is 48.8 Å². The van der Waals surface area contributed by atoms with Crippen LogP contribution in [0.3, 0.4) is 0 Å². The van der Waals surface area contributed by atoms with Crippen LogP contribution >= 0.6 is 0 Å². The Labute approximate surface area is 597 Å². The van der Waals surface area contributed by atoms with Gasteiger partial charge < -0.3 is 65.1 Å². The van der Waals surface area contributed by atoms with Crippen LogP contribution in [0.15, 0.2) is 109 Å². The molecule has 2 aliphatic heterocycles. The molecule has 1 amide bonds. The standard InChI is InChI=1S/C84H147NO13/c1-3-5-7-9-11-13-15-17-19-21-23-25-27-28-29-30-31-32-33-34-35-36-37-38-39-40-41-42-43-44-46-48-50-52-54-56-58-60-62-64-66-68-76(89)85-72(71-95-83-81(94)79(92)82(75(70-87)97-83)98-84-80(93)78(91)77(90)74(69-86)96-84)73(88)67-65-63-61-59-57-55-53-51-49-47-45-26-24-22-20-18-16-14-12-10-8-6-4-2/h5,7,11,13,17,19,23,25,28-29,31-32,49,51,57,59,65,67,72-75,77-84,86-88,90-94H,3-4,6,8-10,12,14-16,18,20-22,24,26-27,30,33-48,50,52-56,58,60-64,66,68-71H2,1-2H3,(H,85,89)/b7-5-,13-11-,19-17-,25-23-,29-28-,32-31-,51-49+,59-57+,67-65+. The molecule has 9 N–H and O–H groups in total. The molecule has 0 saturated carbocycles. The summed E-state index contributed by atoms with van der Waals surface area (Å²) in [6.45, 7) is 2.69. The smallest absolute Gasteiger partial charge is 0.220 e. The summed E-state index contributed by atoms with van der Waals surface area (Å²) in [5.74, 6) is -0.250. The molecule has 0 spiro atoms. The zero-order valence-corrected chi connectivity index (χ0v) is 62.0. The van der Waals surface area contributed by atoms with E-state index in [-0.39, 0.29) is 18.9 Å². The van der Waals surface area contributed by atoms with Crippen LogP contribution in [-0.4, -0.2) is 140 Å². The number of hydrogen-bond acceptors (Lipinski definition) is 13. The lowest BCUT2D eigenvalue weighted by Crippen LogP contribution is -2.65. The van der Waals surface area contributed by atoms with E-state index in [0.29, 0.717) is 12.8 Å². The van der Waals surface area contributed by atoms with Gasteiger partial charge in [0.05, 0.1) is 32.0 Å². The highest BCUT2D eigenvalue weighted by molar-refractivity contribution is 5.76. The van der Waals surface area contributed by atoms with Gasteiger partial charge >= 0.3 is 0 Å². The van der Waals surface area contributed by atoms with Gasteiger partial charge in [0.2, 0.25) is 5.91 Å². The molecule has 0 radical (unpaired) electrons. The minimum Gasteiger partial charge on any atom is -0.394 e. The van der Waals surface area contributed by atoms with Crippen LogP contribution in [0.5, 0.6) is 0 Å². The molecule has 2 fully saturated rings.